The van der Waals surface area contributed by atoms with Crippen molar-refractivity contribution < 1.29 is 9.90 Å². The Morgan fingerprint density at radius 3 is 2.81 bits per heavy atom. The van der Waals surface area contributed by atoms with E-state index in [1.54, 1.807) is 12.3 Å². The number of aryl methyl sites for hydroxylation is 2. The van der Waals surface area contributed by atoms with Crippen LogP contribution in [0.15, 0.2) is 36.5 Å². The second-order valence-corrected chi connectivity index (χ2v) is 4.66. The number of carbonyl (C=O) groups excluding carboxylic acids is 1. The standard InChI is InChI=1S/C17H16N2O2/c1-12-7-8-18-16(10-12)19-17(21)15-11-14(4-3-9-20)6-5-13(15)2/h5-8,10-11,20H,9H2,1-2H3,(H,18,19,21). The average molecular weight is 280 g/mol. The summed E-state index contributed by atoms with van der Waals surface area (Å²) in [6.07, 6.45) is 1.65. The summed E-state index contributed by atoms with van der Waals surface area (Å²) in [5, 5.41) is 11.5. The second kappa shape index (κ2) is 6.69. The van der Waals surface area contributed by atoms with E-state index in [-0.39, 0.29) is 12.5 Å². The molecule has 0 atom stereocenters. The molecule has 1 aromatic heterocycles. The van der Waals surface area contributed by atoms with Crippen molar-refractivity contribution in [2.24, 2.45) is 0 Å². The smallest absolute Gasteiger partial charge is 0.257 e. The fourth-order valence-electron chi connectivity index (χ4n) is 1.87. The van der Waals surface area contributed by atoms with Crippen molar-refractivity contribution in [3.8, 4) is 11.8 Å². The molecule has 0 aliphatic heterocycles. The van der Waals surface area contributed by atoms with Gasteiger partial charge < -0.3 is 10.4 Å². The first-order valence-corrected chi connectivity index (χ1v) is 6.54. The molecule has 4 nitrogen and oxygen atoms in total. The maximum Gasteiger partial charge on any atom is 0.257 e. The highest BCUT2D eigenvalue weighted by molar-refractivity contribution is 6.05. The van der Waals surface area contributed by atoms with Crippen LogP contribution in [0.3, 0.4) is 0 Å². The predicted molar refractivity (Wildman–Crippen MR) is 82.1 cm³/mol. The molecular formula is C17H16N2O2. The third kappa shape index (κ3) is 3.91. The molecule has 2 rings (SSSR count). The number of anilines is 1. The van der Waals surface area contributed by atoms with E-state index < -0.39 is 0 Å². The highest BCUT2D eigenvalue weighted by Crippen LogP contribution is 2.13. The topological polar surface area (TPSA) is 62.2 Å². The summed E-state index contributed by atoms with van der Waals surface area (Å²) in [6.45, 7) is 3.60. The van der Waals surface area contributed by atoms with Crippen LogP contribution in [0.5, 0.6) is 0 Å². The van der Waals surface area contributed by atoms with Crippen LogP contribution in [0.25, 0.3) is 0 Å². The maximum absolute atomic E-state index is 12.3. The number of aliphatic hydroxyl groups excluding tert-OH is 1. The normalized spacial score (nSPS) is 9.67. The van der Waals surface area contributed by atoms with Crippen LogP contribution in [-0.2, 0) is 0 Å². The van der Waals surface area contributed by atoms with E-state index in [2.05, 4.69) is 22.1 Å². The van der Waals surface area contributed by atoms with Crippen molar-refractivity contribution in [2.45, 2.75) is 13.8 Å². The molecule has 0 fully saturated rings. The molecule has 1 amide bonds. The predicted octanol–water partition coefficient (Wildman–Crippen LogP) is 2.29. The Hall–Kier alpha value is -2.64. The number of benzene rings is 1. The molecule has 1 heterocycles. The Labute approximate surface area is 123 Å². The largest absolute Gasteiger partial charge is 0.384 e. The zero-order chi connectivity index (χ0) is 15.2. The number of carbonyl (C=O) groups is 1. The van der Waals surface area contributed by atoms with Crippen molar-refractivity contribution >= 4 is 11.7 Å². The van der Waals surface area contributed by atoms with E-state index in [9.17, 15) is 4.79 Å². The minimum absolute atomic E-state index is 0.206. The lowest BCUT2D eigenvalue weighted by Gasteiger charge is -2.08. The van der Waals surface area contributed by atoms with Crippen LogP contribution in [0.4, 0.5) is 5.82 Å². The third-order valence-electron chi connectivity index (χ3n) is 2.95. The summed E-state index contributed by atoms with van der Waals surface area (Å²) in [7, 11) is 0. The van der Waals surface area contributed by atoms with E-state index in [1.165, 1.54) is 0 Å². The lowest BCUT2D eigenvalue weighted by Crippen LogP contribution is -2.14. The molecule has 0 unspecified atom stereocenters. The molecule has 1 aromatic carbocycles. The molecule has 21 heavy (non-hydrogen) atoms. The van der Waals surface area contributed by atoms with Gasteiger partial charge in [-0.3, -0.25) is 4.79 Å². The third-order valence-corrected chi connectivity index (χ3v) is 2.95. The summed E-state index contributed by atoms with van der Waals surface area (Å²) in [5.41, 5.74) is 3.12. The molecule has 0 aliphatic rings. The van der Waals surface area contributed by atoms with E-state index in [0.717, 1.165) is 11.1 Å². The highest BCUT2D eigenvalue weighted by Gasteiger charge is 2.10. The van der Waals surface area contributed by atoms with Crippen LogP contribution < -0.4 is 5.32 Å². The van der Waals surface area contributed by atoms with Gasteiger partial charge in [-0.15, -0.1) is 0 Å². The first kappa shape index (κ1) is 14.8. The van der Waals surface area contributed by atoms with Crippen molar-refractivity contribution in [1.29, 1.82) is 0 Å². The molecule has 0 saturated carbocycles. The quantitative estimate of drug-likeness (QED) is 0.830. The first-order chi connectivity index (χ1) is 10.1. The van der Waals surface area contributed by atoms with E-state index in [4.69, 9.17) is 5.11 Å². The molecule has 0 spiro atoms. The van der Waals surface area contributed by atoms with Crippen molar-refractivity contribution in [3.63, 3.8) is 0 Å². The zero-order valence-electron chi connectivity index (χ0n) is 12.0. The van der Waals surface area contributed by atoms with Gasteiger partial charge in [-0.05, 0) is 49.2 Å². The molecule has 0 saturated heterocycles. The van der Waals surface area contributed by atoms with Crippen LogP contribution in [0, 0.1) is 25.7 Å². The lowest BCUT2D eigenvalue weighted by molar-refractivity contribution is 0.102. The van der Waals surface area contributed by atoms with Gasteiger partial charge >= 0.3 is 0 Å². The van der Waals surface area contributed by atoms with E-state index >= 15 is 0 Å². The number of nitrogens with one attached hydrogen (secondary N) is 1. The van der Waals surface area contributed by atoms with Gasteiger partial charge in [-0.1, -0.05) is 17.9 Å². The fraction of sp³-hybridized carbons (Fsp3) is 0.176. The molecule has 4 heteroatoms. The number of pyridine rings is 1. The number of aromatic nitrogens is 1. The van der Waals surface area contributed by atoms with Crippen LogP contribution >= 0.6 is 0 Å². The molecular weight excluding hydrogens is 264 g/mol. The first-order valence-electron chi connectivity index (χ1n) is 6.54. The summed E-state index contributed by atoms with van der Waals surface area (Å²) >= 11 is 0. The van der Waals surface area contributed by atoms with Gasteiger partial charge in [0.1, 0.15) is 12.4 Å². The van der Waals surface area contributed by atoms with E-state index in [0.29, 0.717) is 16.9 Å². The number of hydrogen-bond acceptors (Lipinski definition) is 3. The Bertz CT molecular complexity index is 727. The zero-order valence-corrected chi connectivity index (χ0v) is 12.0. The molecule has 0 radical (unpaired) electrons. The lowest BCUT2D eigenvalue weighted by atomic mass is 10.0. The maximum atomic E-state index is 12.3. The molecule has 0 aliphatic carbocycles. The fourth-order valence-corrected chi connectivity index (χ4v) is 1.87. The minimum Gasteiger partial charge on any atom is -0.384 e. The Morgan fingerprint density at radius 2 is 2.10 bits per heavy atom. The molecule has 106 valence electrons. The van der Waals surface area contributed by atoms with Gasteiger partial charge in [-0.25, -0.2) is 4.98 Å². The second-order valence-electron chi connectivity index (χ2n) is 4.66. The number of amides is 1. The van der Waals surface area contributed by atoms with Gasteiger partial charge in [0.2, 0.25) is 0 Å². The van der Waals surface area contributed by atoms with Crippen LogP contribution in [0.2, 0.25) is 0 Å². The number of nitrogens with zero attached hydrogens (tertiary/aromatic N) is 1. The Balaban J connectivity index is 2.26. The number of rotatable bonds is 2. The summed E-state index contributed by atoms with van der Waals surface area (Å²) in [4.78, 5) is 16.4. The van der Waals surface area contributed by atoms with Crippen LogP contribution in [0.1, 0.15) is 27.0 Å². The van der Waals surface area contributed by atoms with Crippen molar-refractivity contribution in [3.05, 3.63) is 58.8 Å². The summed E-state index contributed by atoms with van der Waals surface area (Å²) in [5.74, 6) is 5.66. The van der Waals surface area contributed by atoms with Crippen LogP contribution in [-0.4, -0.2) is 22.6 Å². The molecule has 0 bridgehead atoms. The Kier molecular flexibility index (Phi) is 4.70. The summed E-state index contributed by atoms with van der Waals surface area (Å²) in [6, 6.07) is 9.04. The average Bonchev–Trinajstić information content (AvgIpc) is 2.46. The summed E-state index contributed by atoms with van der Waals surface area (Å²) < 4.78 is 0. The van der Waals surface area contributed by atoms with Gasteiger partial charge in [-0.2, -0.15) is 0 Å². The van der Waals surface area contributed by atoms with Crippen molar-refractivity contribution in [1.82, 2.24) is 4.98 Å². The van der Waals surface area contributed by atoms with Gasteiger partial charge in [0, 0.05) is 17.3 Å². The number of hydrogen-bond donors (Lipinski definition) is 2. The van der Waals surface area contributed by atoms with Gasteiger partial charge in [0.05, 0.1) is 0 Å². The number of aliphatic hydroxyl groups is 1. The SMILES string of the molecule is Cc1ccnc(NC(=O)c2cc(C#CCO)ccc2C)c1. The monoisotopic (exact) mass is 280 g/mol. The van der Waals surface area contributed by atoms with Gasteiger partial charge in [0.15, 0.2) is 0 Å². The molecule has 2 N–H and O–H groups in total. The van der Waals surface area contributed by atoms with E-state index in [1.807, 2.05) is 38.1 Å². The minimum atomic E-state index is -0.224. The highest BCUT2D eigenvalue weighted by atomic mass is 16.2. The van der Waals surface area contributed by atoms with Crippen molar-refractivity contribution in [2.75, 3.05) is 11.9 Å². The molecule has 2 aromatic rings. The Morgan fingerprint density at radius 1 is 1.29 bits per heavy atom. The van der Waals surface area contributed by atoms with Gasteiger partial charge in [0.25, 0.3) is 5.91 Å².